The molecule has 0 aliphatic rings. The number of rotatable bonds is 2. The molecule has 1 aromatic heterocycles. The van der Waals surface area contributed by atoms with E-state index in [1.165, 1.54) is 10.4 Å². The van der Waals surface area contributed by atoms with Gasteiger partial charge in [0.1, 0.15) is 0 Å². The molecule has 0 N–H and O–H groups in total. The molecule has 0 fully saturated rings. The second-order valence-electron chi connectivity index (χ2n) is 3.60. The maximum Gasteiger partial charge on any atom is 0.204 e. The summed E-state index contributed by atoms with van der Waals surface area (Å²) in [5.41, 5.74) is 2.09. The number of tetrazole rings is 1. The van der Waals surface area contributed by atoms with Crippen LogP contribution >= 0.6 is 0 Å². The van der Waals surface area contributed by atoms with Crippen molar-refractivity contribution >= 4 is 0 Å². The fourth-order valence-electron chi connectivity index (χ4n) is 1.26. The molecule has 0 radical (unpaired) electrons. The lowest BCUT2D eigenvalue weighted by Crippen LogP contribution is -2.06. The van der Waals surface area contributed by atoms with Crippen LogP contribution in [-0.4, -0.2) is 20.2 Å². The predicted molar refractivity (Wildman–Crippen MR) is 58.3 cm³/mol. The molecular formula is C11H11N5. The monoisotopic (exact) mass is 213 g/mol. The molecule has 0 unspecified atom stereocenters. The quantitative estimate of drug-likeness (QED) is 0.761. The highest BCUT2D eigenvalue weighted by Crippen LogP contribution is 2.14. The summed E-state index contributed by atoms with van der Waals surface area (Å²) in [6, 6.07) is 9.51. The van der Waals surface area contributed by atoms with Crippen LogP contribution < -0.4 is 0 Å². The first kappa shape index (κ1) is 10.3. The van der Waals surface area contributed by atoms with Gasteiger partial charge in [-0.15, -0.1) is 15.0 Å². The highest BCUT2D eigenvalue weighted by molar-refractivity contribution is 5.54. The number of hydrogen-bond acceptors (Lipinski definition) is 4. The molecule has 0 saturated carbocycles. The van der Waals surface area contributed by atoms with E-state index in [0.717, 1.165) is 5.56 Å². The second-order valence-corrected chi connectivity index (χ2v) is 3.60. The first-order chi connectivity index (χ1) is 7.70. The van der Waals surface area contributed by atoms with Crippen LogP contribution in [0.1, 0.15) is 18.5 Å². The summed E-state index contributed by atoms with van der Waals surface area (Å²) in [5.74, 6) is 0.544. The minimum absolute atomic E-state index is 0.397. The lowest BCUT2D eigenvalue weighted by Gasteiger charge is -1.97. The van der Waals surface area contributed by atoms with Gasteiger partial charge in [0, 0.05) is 5.56 Å². The van der Waals surface area contributed by atoms with Gasteiger partial charge < -0.3 is 0 Å². The Kier molecular flexibility index (Phi) is 2.64. The van der Waals surface area contributed by atoms with Crippen molar-refractivity contribution in [1.29, 1.82) is 5.26 Å². The zero-order chi connectivity index (χ0) is 11.5. The van der Waals surface area contributed by atoms with Crippen molar-refractivity contribution in [1.82, 2.24) is 20.2 Å². The van der Waals surface area contributed by atoms with Crippen molar-refractivity contribution in [2.75, 3.05) is 0 Å². The molecule has 0 amide bonds. The van der Waals surface area contributed by atoms with Gasteiger partial charge >= 0.3 is 0 Å². The number of hydrogen-bond donors (Lipinski definition) is 0. The summed E-state index contributed by atoms with van der Waals surface area (Å²) < 4.78 is 0. The van der Waals surface area contributed by atoms with Crippen molar-refractivity contribution < 1.29 is 0 Å². The molecule has 80 valence electrons. The maximum atomic E-state index is 8.73. The third-order valence-corrected chi connectivity index (χ3v) is 2.27. The molecule has 0 aliphatic heterocycles. The Balaban J connectivity index is 2.32. The van der Waals surface area contributed by atoms with Crippen LogP contribution in [-0.2, 0) is 0 Å². The van der Waals surface area contributed by atoms with Gasteiger partial charge in [-0.05, 0) is 19.1 Å². The summed E-state index contributed by atoms with van der Waals surface area (Å²) in [4.78, 5) is 1.31. The zero-order valence-electron chi connectivity index (χ0n) is 9.12. The Bertz CT molecular complexity index is 520. The van der Waals surface area contributed by atoms with E-state index in [2.05, 4.69) is 21.5 Å². The number of benzene rings is 1. The lowest BCUT2D eigenvalue weighted by atomic mass is 10.1. The molecule has 2 rings (SSSR count). The minimum Gasteiger partial charge on any atom is -0.196 e. The Morgan fingerprint density at radius 2 is 2.00 bits per heavy atom. The maximum absolute atomic E-state index is 8.73. The van der Waals surface area contributed by atoms with Crippen molar-refractivity contribution in [3.8, 4) is 17.5 Å². The zero-order valence-corrected chi connectivity index (χ0v) is 9.12. The molecule has 0 aliphatic carbocycles. The van der Waals surface area contributed by atoms with E-state index >= 15 is 0 Å². The fraction of sp³-hybridized carbons (Fsp3) is 0.273. The average Bonchev–Trinajstić information content (AvgIpc) is 2.78. The van der Waals surface area contributed by atoms with Crippen LogP contribution in [0.2, 0.25) is 0 Å². The van der Waals surface area contributed by atoms with Crippen LogP contribution in [0.5, 0.6) is 0 Å². The second kappa shape index (κ2) is 4.11. The van der Waals surface area contributed by atoms with Gasteiger partial charge in [-0.3, -0.25) is 0 Å². The van der Waals surface area contributed by atoms with Crippen LogP contribution in [0.25, 0.3) is 11.4 Å². The van der Waals surface area contributed by atoms with E-state index in [4.69, 9.17) is 5.26 Å². The van der Waals surface area contributed by atoms with Crippen LogP contribution in [0, 0.1) is 18.3 Å². The molecule has 0 spiro atoms. The van der Waals surface area contributed by atoms with Gasteiger partial charge in [-0.25, -0.2) is 0 Å². The lowest BCUT2D eigenvalue weighted by molar-refractivity contribution is 0.501. The van der Waals surface area contributed by atoms with Crippen molar-refractivity contribution in [2.45, 2.75) is 19.9 Å². The molecular weight excluding hydrogens is 202 g/mol. The minimum atomic E-state index is -0.397. The van der Waals surface area contributed by atoms with Crippen LogP contribution in [0.4, 0.5) is 0 Å². The molecule has 1 atom stereocenters. The van der Waals surface area contributed by atoms with Gasteiger partial charge in [0.25, 0.3) is 0 Å². The van der Waals surface area contributed by atoms with Gasteiger partial charge in [-0.2, -0.15) is 5.26 Å². The first-order valence-corrected chi connectivity index (χ1v) is 4.97. The van der Waals surface area contributed by atoms with Gasteiger partial charge in [0.15, 0.2) is 6.04 Å². The van der Waals surface area contributed by atoms with Crippen LogP contribution in [0.15, 0.2) is 24.3 Å². The predicted octanol–water partition coefficient (Wildman–Crippen LogP) is 1.73. The van der Waals surface area contributed by atoms with Crippen molar-refractivity contribution in [3.63, 3.8) is 0 Å². The molecule has 5 heteroatoms. The van der Waals surface area contributed by atoms with E-state index in [1.54, 1.807) is 6.92 Å². The molecule has 1 aromatic carbocycles. The normalized spacial score (nSPS) is 12.1. The third kappa shape index (κ3) is 1.91. The molecule has 0 bridgehead atoms. The summed E-state index contributed by atoms with van der Waals surface area (Å²) in [7, 11) is 0. The van der Waals surface area contributed by atoms with Crippen molar-refractivity contribution in [3.05, 3.63) is 29.8 Å². The van der Waals surface area contributed by atoms with Gasteiger partial charge in [0.05, 0.1) is 6.07 Å². The van der Waals surface area contributed by atoms with E-state index < -0.39 is 6.04 Å². The number of aromatic nitrogens is 4. The van der Waals surface area contributed by atoms with Crippen molar-refractivity contribution in [2.24, 2.45) is 0 Å². The first-order valence-electron chi connectivity index (χ1n) is 4.97. The van der Waals surface area contributed by atoms with E-state index in [1.807, 2.05) is 31.2 Å². The number of nitriles is 1. The van der Waals surface area contributed by atoms with Gasteiger partial charge in [0.2, 0.25) is 5.82 Å². The number of aryl methyl sites for hydroxylation is 1. The topological polar surface area (TPSA) is 67.4 Å². The highest BCUT2D eigenvalue weighted by Gasteiger charge is 2.09. The van der Waals surface area contributed by atoms with E-state index in [0.29, 0.717) is 5.82 Å². The SMILES string of the molecule is Cc1ccc(-c2nnn([C@H](C)C#N)n2)cc1. The van der Waals surface area contributed by atoms with Gasteiger partial charge in [-0.1, -0.05) is 29.8 Å². The smallest absolute Gasteiger partial charge is 0.196 e. The number of nitrogens with zero attached hydrogens (tertiary/aromatic N) is 5. The third-order valence-electron chi connectivity index (χ3n) is 2.27. The highest BCUT2D eigenvalue weighted by atomic mass is 15.6. The Morgan fingerprint density at radius 1 is 1.31 bits per heavy atom. The summed E-state index contributed by atoms with van der Waals surface area (Å²) >= 11 is 0. The molecule has 16 heavy (non-hydrogen) atoms. The Morgan fingerprint density at radius 3 is 2.62 bits per heavy atom. The van der Waals surface area contributed by atoms with E-state index in [9.17, 15) is 0 Å². The Hall–Kier alpha value is -2.22. The van der Waals surface area contributed by atoms with E-state index in [-0.39, 0.29) is 0 Å². The summed E-state index contributed by atoms with van der Waals surface area (Å²) in [6.45, 7) is 3.74. The molecule has 2 aromatic rings. The average molecular weight is 213 g/mol. The molecule has 5 nitrogen and oxygen atoms in total. The Labute approximate surface area is 93.3 Å². The summed E-state index contributed by atoms with van der Waals surface area (Å²) in [5, 5.41) is 20.6. The van der Waals surface area contributed by atoms with Crippen LogP contribution in [0.3, 0.4) is 0 Å². The molecule has 0 saturated heterocycles. The standard InChI is InChI=1S/C11H11N5/c1-8-3-5-10(6-4-8)11-13-15-16(14-11)9(2)7-12/h3-6,9H,1-2H3/t9-/m1/s1. The molecule has 1 heterocycles. The summed E-state index contributed by atoms with van der Waals surface area (Å²) in [6.07, 6.45) is 0. The largest absolute Gasteiger partial charge is 0.204 e. The fourth-order valence-corrected chi connectivity index (χ4v) is 1.26.